The topological polar surface area (TPSA) is 114 Å². The molecule has 3 atom stereocenters. The van der Waals surface area contributed by atoms with E-state index in [-0.39, 0.29) is 31.5 Å². The van der Waals surface area contributed by atoms with E-state index >= 15 is 0 Å². The van der Waals surface area contributed by atoms with Gasteiger partial charge in [-0.25, -0.2) is 0 Å². The fourth-order valence-electron chi connectivity index (χ4n) is 8.85. The van der Waals surface area contributed by atoms with Crippen LogP contribution in [-0.2, 0) is 27.9 Å². The van der Waals surface area contributed by atoms with Crippen LogP contribution in [-0.4, -0.2) is 69.4 Å². The number of carbonyl (C=O) groups is 2. The molecule has 0 aliphatic carbocycles. The molecular formula is C61H117N2O7P. The Kier molecular flexibility index (Phi) is 50.4. The van der Waals surface area contributed by atoms with Crippen LogP contribution in [0.3, 0.4) is 0 Å². The number of hydrogen-bond acceptors (Lipinski definition) is 7. The number of phosphoric acid groups is 1. The maximum Gasteiger partial charge on any atom is 0.306 e. The number of quaternary nitrogens is 1. The summed E-state index contributed by atoms with van der Waals surface area (Å²) in [5, 5.41) is 3.03. The van der Waals surface area contributed by atoms with Crippen LogP contribution in [0.25, 0.3) is 0 Å². The number of unbranched alkanes of at least 4 members (excludes halogenated alkanes) is 35. The van der Waals surface area contributed by atoms with Crippen molar-refractivity contribution < 1.29 is 37.3 Å². The Morgan fingerprint density at radius 3 is 1.30 bits per heavy atom. The normalized spacial score (nSPS) is 14.0. The minimum Gasteiger partial charge on any atom is -0.756 e. The summed E-state index contributed by atoms with van der Waals surface area (Å²) >= 11 is 0. The molecule has 0 saturated carbocycles. The first kappa shape index (κ1) is 69.2. The van der Waals surface area contributed by atoms with E-state index in [1.807, 2.05) is 33.3 Å². The van der Waals surface area contributed by atoms with Crippen LogP contribution in [0.2, 0.25) is 0 Å². The van der Waals surface area contributed by atoms with E-state index in [1.165, 1.54) is 180 Å². The smallest absolute Gasteiger partial charge is 0.306 e. The van der Waals surface area contributed by atoms with Crippen LogP contribution in [0.1, 0.15) is 290 Å². The zero-order chi connectivity index (χ0) is 52.2. The molecule has 0 saturated heterocycles. The summed E-state index contributed by atoms with van der Waals surface area (Å²) in [6.07, 6.45) is 61.0. The number of esters is 1. The Bertz CT molecular complexity index is 1310. The van der Waals surface area contributed by atoms with Gasteiger partial charge in [0.25, 0.3) is 7.82 Å². The summed E-state index contributed by atoms with van der Waals surface area (Å²) in [6, 6.07) is -0.886. The van der Waals surface area contributed by atoms with Gasteiger partial charge in [-0.1, -0.05) is 250 Å². The molecule has 0 aliphatic rings. The number of allylic oxidation sites excluding steroid dienone is 5. The molecule has 0 spiro atoms. The minimum absolute atomic E-state index is 0.0210. The largest absolute Gasteiger partial charge is 0.756 e. The Balaban J connectivity index is 5.28. The Labute approximate surface area is 440 Å². The number of rotatable bonds is 55. The van der Waals surface area contributed by atoms with Crippen LogP contribution < -0.4 is 10.2 Å². The number of likely N-dealkylation sites (N-methyl/N-ethyl adjacent to an activating group) is 1. The highest BCUT2D eigenvalue weighted by Crippen LogP contribution is 2.38. The monoisotopic (exact) mass is 1020 g/mol. The SMILES string of the molecule is CCCCC/C=C\C/C=C\CCCCCCCCCCCC(=O)NC(COP(=O)([O-])OCC[N+](C)(C)C)C(/C=C\CCCCCCCCCCCCC)OC(=O)CCCCCCCCCCCCCCC. The molecule has 3 unspecified atom stereocenters. The van der Waals surface area contributed by atoms with E-state index in [1.54, 1.807) is 0 Å². The Morgan fingerprint density at radius 2 is 0.859 bits per heavy atom. The number of nitrogens with zero attached hydrogens (tertiary/aromatic N) is 1. The van der Waals surface area contributed by atoms with Crippen LogP contribution >= 0.6 is 7.82 Å². The van der Waals surface area contributed by atoms with Crippen LogP contribution in [0.4, 0.5) is 0 Å². The molecular weight excluding hydrogens is 904 g/mol. The number of carbonyl (C=O) groups excluding carboxylic acids is 2. The van der Waals surface area contributed by atoms with Gasteiger partial charge in [-0.15, -0.1) is 0 Å². The highest BCUT2D eigenvalue weighted by Gasteiger charge is 2.27. The zero-order valence-corrected chi connectivity index (χ0v) is 48.6. The molecule has 0 aromatic heterocycles. The summed E-state index contributed by atoms with van der Waals surface area (Å²) in [5.41, 5.74) is 0. The van der Waals surface area contributed by atoms with E-state index in [9.17, 15) is 19.0 Å². The third kappa shape index (κ3) is 52.9. The van der Waals surface area contributed by atoms with Gasteiger partial charge >= 0.3 is 5.97 Å². The summed E-state index contributed by atoms with van der Waals surface area (Å²) in [5.74, 6) is -0.534. The third-order valence-electron chi connectivity index (χ3n) is 13.6. The molecule has 1 N–H and O–H groups in total. The van der Waals surface area contributed by atoms with Crippen LogP contribution in [0.15, 0.2) is 36.5 Å². The van der Waals surface area contributed by atoms with E-state index in [4.69, 9.17) is 13.8 Å². The molecule has 0 heterocycles. The molecule has 0 rings (SSSR count). The van der Waals surface area contributed by atoms with E-state index in [0.29, 0.717) is 17.4 Å². The molecule has 9 nitrogen and oxygen atoms in total. The quantitative estimate of drug-likeness (QED) is 0.0212. The van der Waals surface area contributed by atoms with E-state index in [2.05, 4.69) is 50.4 Å². The molecule has 10 heteroatoms. The van der Waals surface area contributed by atoms with Crippen molar-refractivity contribution in [1.29, 1.82) is 0 Å². The van der Waals surface area contributed by atoms with Gasteiger partial charge in [-0.2, -0.15) is 0 Å². The second kappa shape index (κ2) is 51.7. The summed E-state index contributed by atoms with van der Waals surface area (Å²) in [4.78, 5) is 39.9. The second-order valence-corrected chi connectivity index (χ2v) is 23.3. The molecule has 0 aliphatic heterocycles. The van der Waals surface area contributed by atoms with Crippen molar-refractivity contribution >= 4 is 19.7 Å². The lowest BCUT2D eigenvalue weighted by Crippen LogP contribution is -2.47. The lowest BCUT2D eigenvalue weighted by atomic mass is 10.0. The van der Waals surface area contributed by atoms with Gasteiger partial charge in [0, 0.05) is 12.8 Å². The lowest BCUT2D eigenvalue weighted by Gasteiger charge is -2.30. The Hall–Kier alpha value is -1.77. The average Bonchev–Trinajstić information content (AvgIpc) is 3.33. The molecule has 0 aromatic rings. The fourth-order valence-corrected chi connectivity index (χ4v) is 9.57. The van der Waals surface area contributed by atoms with Crippen LogP contribution in [0.5, 0.6) is 0 Å². The van der Waals surface area contributed by atoms with Crippen molar-refractivity contribution in [2.75, 3.05) is 40.9 Å². The number of hydrogen-bond donors (Lipinski definition) is 1. The standard InChI is InChI=1S/C61H117N2O7P/c1-7-10-13-16-19-22-25-28-29-30-31-32-33-36-38-41-44-47-50-53-60(64)62-58(57-69-71(66,67)68-56-55-63(4,5)6)59(52-49-46-43-40-37-34-26-23-20-17-14-11-8-2)70-61(65)54-51-48-45-42-39-35-27-24-21-18-15-12-9-3/h19,22,28-29,49,52,58-59H,7-18,20-21,23-27,30-48,50-51,53-57H2,1-6H3,(H-,62,64,66,67)/b22-19-,29-28-,52-49-. The third-order valence-corrected chi connectivity index (χ3v) is 14.5. The summed E-state index contributed by atoms with van der Waals surface area (Å²) in [6.45, 7) is 6.84. The first-order chi connectivity index (χ1) is 34.4. The minimum atomic E-state index is -4.69. The molecule has 0 aromatic carbocycles. The molecule has 0 radical (unpaired) electrons. The van der Waals surface area contributed by atoms with Gasteiger partial charge in [0.2, 0.25) is 5.91 Å². The fraction of sp³-hybridized carbons (Fsp3) is 0.869. The first-order valence-electron chi connectivity index (χ1n) is 30.3. The van der Waals surface area contributed by atoms with Crippen LogP contribution in [0, 0.1) is 0 Å². The van der Waals surface area contributed by atoms with Crippen molar-refractivity contribution in [1.82, 2.24) is 5.32 Å². The average molecular weight is 1020 g/mol. The number of phosphoric ester groups is 1. The zero-order valence-electron chi connectivity index (χ0n) is 47.7. The summed E-state index contributed by atoms with van der Waals surface area (Å²) < 4.78 is 30.3. The van der Waals surface area contributed by atoms with Crippen molar-refractivity contribution in [3.63, 3.8) is 0 Å². The number of ether oxygens (including phenoxy) is 1. The van der Waals surface area contributed by atoms with Crippen molar-refractivity contribution in [3.05, 3.63) is 36.5 Å². The molecule has 418 valence electrons. The lowest BCUT2D eigenvalue weighted by molar-refractivity contribution is -0.870. The summed E-state index contributed by atoms with van der Waals surface area (Å²) in [7, 11) is 1.19. The maximum atomic E-state index is 13.5. The predicted molar refractivity (Wildman–Crippen MR) is 303 cm³/mol. The first-order valence-corrected chi connectivity index (χ1v) is 31.8. The van der Waals surface area contributed by atoms with Crippen molar-refractivity contribution in [3.8, 4) is 0 Å². The van der Waals surface area contributed by atoms with Gasteiger partial charge in [-0.3, -0.25) is 14.2 Å². The Morgan fingerprint density at radius 1 is 0.493 bits per heavy atom. The van der Waals surface area contributed by atoms with E-state index in [0.717, 1.165) is 77.0 Å². The van der Waals surface area contributed by atoms with Gasteiger partial charge in [0.05, 0.1) is 33.8 Å². The molecule has 0 fully saturated rings. The number of nitrogens with one attached hydrogen (secondary N) is 1. The predicted octanol–water partition coefficient (Wildman–Crippen LogP) is 17.7. The molecule has 1 amide bonds. The highest BCUT2D eigenvalue weighted by molar-refractivity contribution is 7.45. The number of amides is 1. The van der Waals surface area contributed by atoms with Gasteiger partial charge < -0.3 is 28.5 Å². The van der Waals surface area contributed by atoms with E-state index < -0.39 is 20.0 Å². The van der Waals surface area contributed by atoms with Crippen molar-refractivity contribution in [2.24, 2.45) is 0 Å². The van der Waals surface area contributed by atoms with Gasteiger partial charge in [0.15, 0.2) is 0 Å². The second-order valence-electron chi connectivity index (χ2n) is 21.9. The highest BCUT2D eigenvalue weighted by atomic mass is 31.2. The molecule has 0 bridgehead atoms. The van der Waals surface area contributed by atoms with Crippen molar-refractivity contribution in [2.45, 2.75) is 303 Å². The molecule has 71 heavy (non-hydrogen) atoms. The maximum absolute atomic E-state index is 13.5. The van der Waals surface area contributed by atoms with Gasteiger partial charge in [0.1, 0.15) is 19.3 Å². The van der Waals surface area contributed by atoms with Gasteiger partial charge in [-0.05, 0) is 63.9 Å².